The Hall–Kier alpha value is -2.40. The van der Waals surface area contributed by atoms with Crippen molar-refractivity contribution in [1.82, 2.24) is 36.8 Å². The molecule has 0 bridgehead atoms. The molecule has 364 valence electrons. The van der Waals surface area contributed by atoms with E-state index < -0.39 is 60.4 Å². The average molecular weight is 892 g/mol. The number of hydrogen-bond donors (Lipinski definition) is 10. The fourth-order valence-electron chi connectivity index (χ4n) is 14.5. The molecule has 4 heterocycles. The number of hydrogen-bond acceptors (Lipinski definition) is 11. The Kier molecular flexibility index (Phi) is 15.5. The lowest BCUT2D eigenvalue weighted by atomic mass is 9.52. The molecule has 4 rings (SSSR count). The van der Waals surface area contributed by atoms with Crippen molar-refractivity contribution in [2.75, 3.05) is 13.1 Å². The van der Waals surface area contributed by atoms with E-state index in [1.54, 1.807) is 0 Å². The largest absolute Gasteiger partial charge is 0.481 e. The van der Waals surface area contributed by atoms with Gasteiger partial charge in [-0.2, -0.15) is 0 Å². The van der Waals surface area contributed by atoms with E-state index >= 15 is 0 Å². The Morgan fingerprint density at radius 3 is 1.17 bits per heavy atom. The van der Waals surface area contributed by atoms with Crippen LogP contribution in [-0.2, 0) is 19.2 Å². The lowest BCUT2D eigenvalue weighted by Crippen LogP contribution is -2.80. The second-order valence-corrected chi connectivity index (χ2v) is 25.7. The van der Waals surface area contributed by atoms with Crippen LogP contribution in [-0.4, -0.2) is 136 Å². The number of carboxylic acids is 4. The minimum Gasteiger partial charge on any atom is -0.481 e. The molecule has 4 fully saturated rings. The minimum absolute atomic E-state index is 0.0550. The highest BCUT2D eigenvalue weighted by Gasteiger charge is 2.63. The highest BCUT2D eigenvalue weighted by molar-refractivity contribution is 5.81. The molecule has 0 amide bonds. The van der Waals surface area contributed by atoms with Gasteiger partial charge in [0.05, 0.1) is 12.8 Å². The Morgan fingerprint density at radius 1 is 0.524 bits per heavy atom. The zero-order valence-corrected chi connectivity index (χ0v) is 41.9. The van der Waals surface area contributed by atoms with Gasteiger partial charge >= 0.3 is 23.9 Å². The lowest BCUT2D eigenvalue weighted by Gasteiger charge is -2.67. The third-order valence-corrected chi connectivity index (χ3v) is 14.4. The van der Waals surface area contributed by atoms with E-state index in [1.807, 2.05) is 0 Å². The van der Waals surface area contributed by atoms with Gasteiger partial charge in [0.15, 0.2) is 0 Å². The summed E-state index contributed by atoms with van der Waals surface area (Å²) in [7, 11) is 0. The van der Waals surface area contributed by atoms with Crippen molar-refractivity contribution in [3.05, 3.63) is 0 Å². The fourth-order valence-corrected chi connectivity index (χ4v) is 14.5. The Balaban J connectivity index is 2.23. The molecule has 0 spiro atoms. The number of nitrogens with zero attached hydrogens (tertiary/aromatic N) is 1. The zero-order valence-electron chi connectivity index (χ0n) is 41.9. The van der Waals surface area contributed by atoms with Crippen molar-refractivity contribution in [3.8, 4) is 0 Å². The molecule has 1 unspecified atom stereocenters. The summed E-state index contributed by atoms with van der Waals surface area (Å²) in [4.78, 5) is 53.6. The van der Waals surface area contributed by atoms with Crippen LogP contribution in [0.3, 0.4) is 0 Å². The first-order valence-electron chi connectivity index (χ1n) is 23.6. The van der Waals surface area contributed by atoms with Gasteiger partial charge in [0, 0.05) is 75.0 Å². The first kappa shape index (κ1) is 53.2. The van der Waals surface area contributed by atoms with Crippen LogP contribution in [0, 0.1) is 17.8 Å². The third-order valence-electron chi connectivity index (χ3n) is 14.4. The van der Waals surface area contributed by atoms with Gasteiger partial charge in [0.25, 0.3) is 0 Å². The smallest absolute Gasteiger partial charge is 0.321 e. The molecule has 0 aromatic heterocycles. The molecule has 10 N–H and O–H groups in total. The summed E-state index contributed by atoms with van der Waals surface area (Å²) < 4.78 is 0. The Labute approximate surface area is 379 Å². The summed E-state index contributed by atoms with van der Waals surface area (Å²) in [5, 5.41) is 64.3. The molecule has 15 heteroatoms. The van der Waals surface area contributed by atoms with Gasteiger partial charge in [-0.3, -0.25) is 29.4 Å². The van der Waals surface area contributed by atoms with Crippen LogP contribution in [0.5, 0.6) is 0 Å². The van der Waals surface area contributed by atoms with Crippen LogP contribution >= 0.6 is 0 Å². The number of nitrogens with one attached hydrogen (secondary N) is 6. The summed E-state index contributed by atoms with van der Waals surface area (Å²) in [6, 6.07) is -3.20. The molecular weight excluding hydrogens is 803 g/mol. The first-order valence-corrected chi connectivity index (χ1v) is 23.6. The van der Waals surface area contributed by atoms with Crippen LogP contribution in [0.2, 0.25) is 0 Å². The number of carboxylic acid groups (broad SMARTS) is 4. The SMILES string of the molecule is CC1(C)CC(C(N(CCN[C@@H](CC(=O)O)C(=O)O)C2CC(C)(C)NC(C)(C)C2)C(N[C@@H](CC(=O)O)C(=O)O)(C2CC(C)(C)NC(C)(C)C2)C2CC(C)(C)NC(C)(C)C2)CC(C)(C)N1. The van der Waals surface area contributed by atoms with Crippen LogP contribution in [0.4, 0.5) is 0 Å². The molecule has 3 atom stereocenters. The average Bonchev–Trinajstić information content (AvgIpc) is 2.99. The maximum atomic E-state index is 13.7. The van der Waals surface area contributed by atoms with Gasteiger partial charge in [0.1, 0.15) is 12.1 Å². The normalized spacial score (nSPS) is 27.3. The van der Waals surface area contributed by atoms with E-state index in [0.29, 0.717) is 32.2 Å². The van der Waals surface area contributed by atoms with E-state index in [9.17, 15) is 39.6 Å². The Bertz CT molecular complexity index is 1570. The molecule has 4 aliphatic rings. The maximum absolute atomic E-state index is 13.7. The van der Waals surface area contributed by atoms with E-state index in [2.05, 4.69) is 148 Å². The Morgan fingerprint density at radius 2 is 0.841 bits per heavy atom. The topological polar surface area (TPSA) is 225 Å². The second kappa shape index (κ2) is 18.4. The fraction of sp³-hybridized carbons (Fsp3) is 0.917. The number of rotatable bonds is 18. The van der Waals surface area contributed by atoms with Gasteiger partial charge in [-0.05, 0) is 180 Å². The van der Waals surface area contributed by atoms with Gasteiger partial charge in [-0.15, -0.1) is 0 Å². The van der Waals surface area contributed by atoms with Crippen LogP contribution in [0.1, 0.15) is 175 Å². The predicted molar refractivity (Wildman–Crippen MR) is 248 cm³/mol. The van der Waals surface area contributed by atoms with Gasteiger partial charge in [-0.1, -0.05) is 0 Å². The highest BCUT2D eigenvalue weighted by Crippen LogP contribution is 2.55. The monoisotopic (exact) mass is 892 g/mol. The van der Waals surface area contributed by atoms with Gasteiger partial charge < -0.3 is 47.0 Å². The highest BCUT2D eigenvalue weighted by atomic mass is 16.4. The summed E-state index contributed by atoms with van der Waals surface area (Å²) in [5.74, 6) is -5.21. The lowest BCUT2D eigenvalue weighted by molar-refractivity contribution is -0.151. The number of aliphatic carboxylic acids is 4. The number of piperidine rings is 4. The molecule has 0 aromatic rings. The third kappa shape index (κ3) is 14.1. The summed E-state index contributed by atoms with van der Waals surface area (Å²) in [5.41, 5.74) is -3.84. The number of carbonyl (C=O) groups is 4. The molecule has 4 saturated heterocycles. The van der Waals surface area contributed by atoms with Gasteiger partial charge in [-0.25, -0.2) is 0 Å². The quantitative estimate of drug-likeness (QED) is 0.0831. The van der Waals surface area contributed by atoms with Crippen LogP contribution < -0.4 is 31.9 Å². The van der Waals surface area contributed by atoms with Gasteiger partial charge in [0.2, 0.25) is 0 Å². The van der Waals surface area contributed by atoms with Crippen molar-refractivity contribution in [2.45, 2.75) is 249 Å². The summed E-state index contributed by atoms with van der Waals surface area (Å²) >= 11 is 0. The standard InChI is InChI=1S/C48H89N7O8/c1-40(2)21-29(22-41(3,4)51-40)37(55(18-17-49-33(38(60)61)19-35(56)57)32-27-46(13,14)54-47(15,16)28-32)48(50-34(39(62)63)20-36(58)59,30-23-42(5,6)52-43(7,8)24-30)31-25-44(9,10)53-45(11,12)26-31/h29-34,37,49-54H,17-28H2,1-16H3,(H,56,57)(H,58,59)(H,60,61)(H,62,63)/t33-,34-,37?/m0/s1. The van der Waals surface area contributed by atoms with E-state index in [-0.39, 0.29) is 74.7 Å². The molecule has 4 aliphatic heterocycles. The van der Waals surface area contributed by atoms with Crippen LogP contribution in [0.25, 0.3) is 0 Å². The van der Waals surface area contributed by atoms with Crippen molar-refractivity contribution in [1.29, 1.82) is 0 Å². The molecule has 0 saturated carbocycles. The van der Waals surface area contributed by atoms with Crippen molar-refractivity contribution in [3.63, 3.8) is 0 Å². The van der Waals surface area contributed by atoms with Crippen molar-refractivity contribution >= 4 is 23.9 Å². The summed E-state index contributed by atoms with van der Waals surface area (Å²) in [6.45, 7) is 36.0. The zero-order chi connectivity index (χ0) is 48.2. The molecule has 0 aliphatic carbocycles. The maximum Gasteiger partial charge on any atom is 0.321 e. The first-order chi connectivity index (χ1) is 28.3. The molecular formula is C48H89N7O8. The van der Waals surface area contributed by atoms with E-state index in [4.69, 9.17) is 0 Å². The molecule has 0 aromatic carbocycles. The van der Waals surface area contributed by atoms with Crippen molar-refractivity contribution < 1.29 is 39.6 Å². The van der Waals surface area contributed by atoms with E-state index in [1.165, 1.54) is 0 Å². The molecule has 0 radical (unpaired) electrons. The predicted octanol–water partition coefficient (Wildman–Crippen LogP) is 5.41. The summed E-state index contributed by atoms with van der Waals surface area (Å²) in [6.07, 6.45) is 4.55. The second-order valence-electron chi connectivity index (χ2n) is 25.7. The minimum atomic E-state index is -1.41. The molecule has 63 heavy (non-hydrogen) atoms. The molecule has 15 nitrogen and oxygen atoms in total. The van der Waals surface area contributed by atoms with Crippen molar-refractivity contribution in [2.24, 2.45) is 17.8 Å². The van der Waals surface area contributed by atoms with E-state index in [0.717, 1.165) is 25.7 Å². The van der Waals surface area contributed by atoms with Crippen LogP contribution in [0.15, 0.2) is 0 Å².